The fourth-order valence-electron chi connectivity index (χ4n) is 5.39. The summed E-state index contributed by atoms with van der Waals surface area (Å²) in [5.41, 5.74) is 5.13. The summed E-state index contributed by atoms with van der Waals surface area (Å²) in [5.74, 6) is 0.386. The molecule has 3 heteroatoms. The third-order valence-corrected chi connectivity index (χ3v) is 6.24. The molecule has 2 heterocycles. The molecule has 2 aliphatic heterocycles. The second-order valence-electron chi connectivity index (χ2n) is 7.51. The number of carbonyl (C=O) groups is 1. The molecule has 0 saturated heterocycles. The van der Waals surface area contributed by atoms with Crippen LogP contribution in [0, 0.1) is 18.8 Å². The van der Waals surface area contributed by atoms with E-state index < -0.39 is 12.0 Å². The maximum atomic E-state index is 12.0. The van der Waals surface area contributed by atoms with E-state index in [9.17, 15) is 9.90 Å². The first-order valence-electron chi connectivity index (χ1n) is 8.60. The van der Waals surface area contributed by atoms with Crippen LogP contribution in [0.15, 0.2) is 36.4 Å². The standard InChI is InChI=1S/C20H21NO2/c1-11-8-16-13-5-2-4-12(13)10-21-18(16)17(9-11)14-6-3-7-15(14)19(21)20(22)23/h2-3,5-6,8-9,12-15,19H,4,7,10H2,1H3,(H,22,23)/p-1/t12-,13+,14+,15-,19-/m1/s1. The number of carbonyl (C=O) groups excluding carboxylic acids is 1. The van der Waals surface area contributed by atoms with E-state index in [-0.39, 0.29) is 11.8 Å². The molecule has 0 N–H and O–H groups in total. The molecule has 23 heavy (non-hydrogen) atoms. The summed E-state index contributed by atoms with van der Waals surface area (Å²) in [6.07, 6.45) is 10.8. The highest BCUT2D eigenvalue weighted by Crippen LogP contribution is 2.55. The van der Waals surface area contributed by atoms with Gasteiger partial charge in [-0.15, -0.1) is 0 Å². The van der Waals surface area contributed by atoms with Crippen LogP contribution in [0.5, 0.6) is 0 Å². The summed E-state index contributed by atoms with van der Waals surface area (Å²) >= 11 is 0. The SMILES string of the molecule is Cc1cc2c3c(c1)[C@H]1C=CC[C@H]1[C@H](C(=O)[O-])N3C[C@H]1CC=C[C@H]21. The molecule has 118 valence electrons. The molecule has 0 saturated carbocycles. The molecule has 0 unspecified atom stereocenters. The lowest BCUT2D eigenvalue weighted by atomic mass is 9.71. The molecule has 0 aromatic heterocycles. The zero-order valence-electron chi connectivity index (χ0n) is 13.2. The van der Waals surface area contributed by atoms with Crippen LogP contribution in [0.3, 0.4) is 0 Å². The third kappa shape index (κ3) is 1.68. The number of fused-ring (bicyclic) bond motifs is 4. The highest BCUT2D eigenvalue weighted by atomic mass is 16.4. The van der Waals surface area contributed by atoms with Crippen LogP contribution in [-0.4, -0.2) is 18.6 Å². The van der Waals surface area contributed by atoms with Gasteiger partial charge in [0.2, 0.25) is 0 Å². The lowest BCUT2D eigenvalue weighted by molar-refractivity contribution is -0.309. The van der Waals surface area contributed by atoms with Gasteiger partial charge in [-0.25, -0.2) is 0 Å². The predicted octanol–water partition coefficient (Wildman–Crippen LogP) is 2.27. The summed E-state index contributed by atoms with van der Waals surface area (Å²) in [7, 11) is 0. The molecule has 5 atom stereocenters. The van der Waals surface area contributed by atoms with E-state index in [1.807, 2.05) is 0 Å². The van der Waals surface area contributed by atoms with Gasteiger partial charge >= 0.3 is 0 Å². The largest absolute Gasteiger partial charge is 0.548 e. The summed E-state index contributed by atoms with van der Waals surface area (Å²) < 4.78 is 0. The second-order valence-corrected chi connectivity index (χ2v) is 7.51. The Morgan fingerprint density at radius 2 is 1.83 bits per heavy atom. The van der Waals surface area contributed by atoms with E-state index in [2.05, 4.69) is 48.3 Å². The van der Waals surface area contributed by atoms with Crippen LogP contribution in [0.1, 0.15) is 41.4 Å². The maximum Gasteiger partial charge on any atom is 0.0727 e. The van der Waals surface area contributed by atoms with Gasteiger partial charge in [0, 0.05) is 24.1 Å². The lowest BCUT2D eigenvalue weighted by Gasteiger charge is -2.51. The van der Waals surface area contributed by atoms with Crippen molar-refractivity contribution in [2.45, 2.75) is 37.6 Å². The normalized spacial score (nSPS) is 35.9. The molecule has 0 bridgehead atoms. The van der Waals surface area contributed by atoms with E-state index in [0.717, 1.165) is 19.4 Å². The van der Waals surface area contributed by atoms with Crippen LogP contribution in [0.2, 0.25) is 0 Å². The van der Waals surface area contributed by atoms with Gasteiger partial charge < -0.3 is 14.8 Å². The first-order chi connectivity index (χ1) is 11.1. The number of allylic oxidation sites excluding steroid dienone is 4. The fourth-order valence-corrected chi connectivity index (χ4v) is 5.39. The van der Waals surface area contributed by atoms with E-state index in [0.29, 0.717) is 11.8 Å². The third-order valence-electron chi connectivity index (χ3n) is 6.24. The molecule has 0 fully saturated rings. The topological polar surface area (TPSA) is 43.4 Å². The predicted molar refractivity (Wildman–Crippen MR) is 87.3 cm³/mol. The molecule has 5 rings (SSSR count). The van der Waals surface area contributed by atoms with Gasteiger partial charge in [0.25, 0.3) is 0 Å². The molecule has 2 aliphatic carbocycles. The zero-order chi connectivity index (χ0) is 15.7. The average molecular weight is 306 g/mol. The first-order valence-corrected chi connectivity index (χ1v) is 8.60. The minimum atomic E-state index is -0.912. The first kappa shape index (κ1) is 13.4. The maximum absolute atomic E-state index is 12.0. The summed E-state index contributed by atoms with van der Waals surface area (Å²) in [5, 5.41) is 12.0. The van der Waals surface area contributed by atoms with Crippen LogP contribution >= 0.6 is 0 Å². The number of carboxylic acids is 1. The van der Waals surface area contributed by atoms with Crippen molar-refractivity contribution in [2.24, 2.45) is 11.8 Å². The number of carboxylic acid groups (broad SMARTS) is 1. The Morgan fingerprint density at radius 1 is 1.13 bits per heavy atom. The van der Waals surface area contributed by atoms with Gasteiger partial charge in [-0.1, -0.05) is 42.0 Å². The molecule has 0 radical (unpaired) electrons. The molecule has 0 spiro atoms. The second kappa shape index (κ2) is 4.50. The van der Waals surface area contributed by atoms with E-state index in [1.165, 1.54) is 22.4 Å². The van der Waals surface area contributed by atoms with Crippen molar-refractivity contribution in [3.8, 4) is 0 Å². The number of rotatable bonds is 1. The van der Waals surface area contributed by atoms with Crippen LogP contribution in [-0.2, 0) is 4.79 Å². The monoisotopic (exact) mass is 306 g/mol. The molecule has 3 nitrogen and oxygen atoms in total. The van der Waals surface area contributed by atoms with Gasteiger partial charge in [-0.3, -0.25) is 0 Å². The Balaban J connectivity index is 1.78. The molecule has 1 aromatic rings. The number of anilines is 1. The Hall–Kier alpha value is -2.03. The van der Waals surface area contributed by atoms with Gasteiger partial charge in [-0.2, -0.15) is 0 Å². The number of aliphatic carboxylic acids is 1. The molecular weight excluding hydrogens is 286 g/mol. The van der Waals surface area contributed by atoms with Crippen molar-refractivity contribution in [1.29, 1.82) is 0 Å². The van der Waals surface area contributed by atoms with Crippen LogP contribution in [0.25, 0.3) is 0 Å². The molecule has 1 aromatic carbocycles. The van der Waals surface area contributed by atoms with Crippen molar-refractivity contribution >= 4 is 11.7 Å². The highest BCUT2D eigenvalue weighted by molar-refractivity contribution is 5.82. The quantitative estimate of drug-likeness (QED) is 0.748. The zero-order valence-corrected chi connectivity index (χ0v) is 13.2. The molecule has 0 amide bonds. The van der Waals surface area contributed by atoms with Crippen molar-refractivity contribution in [3.63, 3.8) is 0 Å². The van der Waals surface area contributed by atoms with E-state index in [1.54, 1.807) is 0 Å². The minimum absolute atomic E-state index is 0.119. The number of hydrogen-bond acceptors (Lipinski definition) is 3. The van der Waals surface area contributed by atoms with E-state index in [4.69, 9.17) is 0 Å². The summed E-state index contributed by atoms with van der Waals surface area (Å²) in [4.78, 5) is 14.1. The summed E-state index contributed by atoms with van der Waals surface area (Å²) in [6, 6.07) is 4.04. The Morgan fingerprint density at radius 3 is 2.61 bits per heavy atom. The van der Waals surface area contributed by atoms with Crippen molar-refractivity contribution in [3.05, 3.63) is 53.1 Å². The Labute approximate surface area is 136 Å². The van der Waals surface area contributed by atoms with E-state index >= 15 is 0 Å². The van der Waals surface area contributed by atoms with Gasteiger partial charge in [0.15, 0.2) is 0 Å². The number of nitrogens with zero attached hydrogens (tertiary/aromatic N) is 1. The lowest BCUT2D eigenvalue weighted by Crippen LogP contribution is -2.58. The highest BCUT2D eigenvalue weighted by Gasteiger charge is 2.47. The Kier molecular flexibility index (Phi) is 2.62. The molecular formula is C20H20NO2-. The van der Waals surface area contributed by atoms with Crippen LogP contribution < -0.4 is 10.0 Å². The Bertz CT molecular complexity index is 746. The summed E-state index contributed by atoms with van der Waals surface area (Å²) in [6.45, 7) is 2.99. The van der Waals surface area contributed by atoms with Crippen molar-refractivity contribution < 1.29 is 9.90 Å². The average Bonchev–Trinajstić information content (AvgIpc) is 3.15. The van der Waals surface area contributed by atoms with Gasteiger partial charge in [-0.05, 0) is 42.7 Å². The van der Waals surface area contributed by atoms with Crippen LogP contribution in [0.4, 0.5) is 5.69 Å². The van der Waals surface area contributed by atoms with Gasteiger partial charge in [0.05, 0.1) is 12.0 Å². The van der Waals surface area contributed by atoms with Crippen molar-refractivity contribution in [2.75, 3.05) is 11.4 Å². The minimum Gasteiger partial charge on any atom is -0.548 e. The van der Waals surface area contributed by atoms with Gasteiger partial charge in [0.1, 0.15) is 0 Å². The fraction of sp³-hybridized carbons (Fsp3) is 0.450. The number of benzene rings is 1. The number of aryl methyl sites for hydroxylation is 1. The van der Waals surface area contributed by atoms with Crippen molar-refractivity contribution in [1.82, 2.24) is 0 Å². The number of hydrogen-bond donors (Lipinski definition) is 0. The molecule has 4 aliphatic rings. The smallest absolute Gasteiger partial charge is 0.0727 e.